The number of fused-ring (bicyclic) bond motifs is 4. The van der Waals surface area contributed by atoms with Crippen molar-refractivity contribution in [2.24, 2.45) is 11.8 Å². The SMILES string of the molecule is CC1CCN(C(=O)COc2ccc(CN3C[C@H]4CC[C@@H](C3)N(C)C4)cc2)CC1. The lowest BCUT2D eigenvalue weighted by Gasteiger charge is -2.32. The van der Waals surface area contributed by atoms with E-state index in [0.717, 1.165) is 50.1 Å². The van der Waals surface area contributed by atoms with Crippen LogP contribution >= 0.6 is 0 Å². The van der Waals surface area contributed by atoms with Crippen molar-refractivity contribution in [1.82, 2.24) is 14.7 Å². The van der Waals surface area contributed by atoms with Crippen LogP contribution in [-0.4, -0.2) is 73.0 Å². The molecule has 5 nitrogen and oxygen atoms in total. The molecule has 4 aliphatic rings. The molecule has 0 saturated carbocycles. The van der Waals surface area contributed by atoms with Crippen LogP contribution in [0.15, 0.2) is 24.3 Å². The second-order valence-corrected chi connectivity index (χ2v) is 9.23. The van der Waals surface area contributed by atoms with Crippen molar-refractivity contribution in [3.8, 4) is 5.75 Å². The monoisotopic (exact) mass is 385 g/mol. The van der Waals surface area contributed by atoms with Crippen molar-refractivity contribution >= 4 is 5.91 Å². The number of rotatable bonds is 5. The third-order valence-corrected chi connectivity index (χ3v) is 6.89. The predicted molar refractivity (Wildman–Crippen MR) is 111 cm³/mol. The van der Waals surface area contributed by atoms with Crippen LogP contribution in [0.25, 0.3) is 0 Å². The van der Waals surface area contributed by atoms with E-state index in [4.69, 9.17) is 4.74 Å². The third kappa shape index (κ3) is 4.87. The number of amides is 1. The van der Waals surface area contributed by atoms with Crippen LogP contribution in [0.5, 0.6) is 5.75 Å². The molecule has 4 fully saturated rings. The van der Waals surface area contributed by atoms with Crippen LogP contribution in [-0.2, 0) is 11.3 Å². The Morgan fingerprint density at radius 3 is 2.50 bits per heavy atom. The molecule has 154 valence electrons. The zero-order chi connectivity index (χ0) is 19.5. The fourth-order valence-corrected chi connectivity index (χ4v) is 4.99. The van der Waals surface area contributed by atoms with Crippen LogP contribution in [0.3, 0.4) is 0 Å². The molecule has 0 aliphatic carbocycles. The van der Waals surface area contributed by atoms with E-state index in [0.29, 0.717) is 6.04 Å². The highest BCUT2D eigenvalue weighted by atomic mass is 16.5. The summed E-state index contributed by atoms with van der Waals surface area (Å²) in [5.74, 6) is 2.45. The number of hydrogen-bond acceptors (Lipinski definition) is 4. The Morgan fingerprint density at radius 1 is 1.04 bits per heavy atom. The number of likely N-dealkylation sites (tertiary alicyclic amines) is 1. The van der Waals surface area contributed by atoms with Gasteiger partial charge < -0.3 is 14.5 Å². The first-order valence-corrected chi connectivity index (χ1v) is 11.0. The van der Waals surface area contributed by atoms with Crippen molar-refractivity contribution < 1.29 is 9.53 Å². The number of carbonyl (C=O) groups excluding carboxylic acids is 1. The Hall–Kier alpha value is -1.59. The van der Waals surface area contributed by atoms with Crippen molar-refractivity contribution in [3.63, 3.8) is 0 Å². The van der Waals surface area contributed by atoms with Gasteiger partial charge in [0.15, 0.2) is 6.61 Å². The maximum atomic E-state index is 12.3. The van der Waals surface area contributed by atoms with Crippen molar-refractivity contribution in [2.75, 3.05) is 46.4 Å². The maximum Gasteiger partial charge on any atom is 0.260 e. The van der Waals surface area contributed by atoms with Gasteiger partial charge in [0, 0.05) is 45.3 Å². The molecule has 5 heteroatoms. The molecule has 1 aromatic rings. The van der Waals surface area contributed by atoms with Crippen molar-refractivity contribution in [1.29, 1.82) is 0 Å². The summed E-state index contributed by atoms with van der Waals surface area (Å²) in [5, 5.41) is 0. The molecule has 2 atom stereocenters. The lowest BCUT2D eigenvalue weighted by molar-refractivity contribution is -0.134. The van der Waals surface area contributed by atoms with E-state index < -0.39 is 0 Å². The normalized spacial score (nSPS) is 27.0. The summed E-state index contributed by atoms with van der Waals surface area (Å²) < 4.78 is 5.76. The minimum absolute atomic E-state index is 0.111. The summed E-state index contributed by atoms with van der Waals surface area (Å²) in [7, 11) is 2.28. The predicted octanol–water partition coefficient (Wildman–Crippen LogP) is 2.85. The van der Waals surface area contributed by atoms with Gasteiger partial charge in [-0.15, -0.1) is 0 Å². The van der Waals surface area contributed by atoms with Gasteiger partial charge >= 0.3 is 0 Å². The number of nitrogens with zero attached hydrogens (tertiary/aromatic N) is 3. The van der Waals surface area contributed by atoms with Gasteiger partial charge in [-0.1, -0.05) is 19.1 Å². The maximum absolute atomic E-state index is 12.3. The van der Waals surface area contributed by atoms with Crippen molar-refractivity contribution in [2.45, 2.75) is 45.2 Å². The number of ether oxygens (including phenoxy) is 1. The second-order valence-electron chi connectivity index (χ2n) is 9.23. The minimum Gasteiger partial charge on any atom is -0.484 e. The fraction of sp³-hybridized carbons (Fsp3) is 0.696. The topological polar surface area (TPSA) is 36.0 Å². The molecule has 4 saturated heterocycles. The summed E-state index contributed by atoms with van der Waals surface area (Å²) in [5.41, 5.74) is 1.33. The Kier molecular flexibility index (Phi) is 6.22. The van der Waals surface area contributed by atoms with E-state index in [1.54, 1.807) is 0 Å². The molecule has 1 amide bonds. The van der Waals surface area contributed by atoms with E-state index >= 15 is 0 Å². The van der Waals surface area contributed by atoms with E-state index in [1.807, 2.05) is 17.0 Å². The number of carbonyl (C=O) groups is 1. The van der Waals surface area contributed by atoms with E-state index in [9.17, 15) is 4.79 Å². The standard InChI is InChI=1S/C23H35N3O2/c1-18-9-11-26(12-10-18)23(27)17-28-22-7-4-19(5-8-22)14-25-15-20-3-6-21(16-25)24(2)13-20/h4-5,7-8,18,20-21H,3,6,9-17H2,1-2H3/t20-,21-/m0/s1. The first-order valence-electron chi connectivity index (χ1n) is 11.0. The number of likely N-dealkylation sites (N-methyl/N-ethyl adjacent to an activating group) is 1. The Bertz CT molecular complexity index is 654. The van der Waals surface area contributed by atoms with Crippen LogP contribution in [0.2, 0.25) is 0 Å². The molecular weight excluding hydrogens is 350 g/mol. The first-order chi connectivity index (χ1) is 13.6. The van der Waals surface area contributed by atoms with Gasteiger partial charge in [-0.3, -0.25) is 9.69 Å². The number of hydrogen-bond donors (Lipinski definition) is 0. The fourth-order valence-electron chi connectivity index (χ4n) is 4.99. The second kappa shape index (κ2) is 8.83. The summed E-state index contributed by atoms with van der Waals surface area (Å²) >= 11 is 0. The van der Waals surface area contributed by atoms with Crippen LogP contribution in [0.4, 0.5) is 0 Å². The minimum atomic E-state index is 0.111. The van der Waals surface area contributed by atoms with Gasteiger partial charge in [0.2, 0.25) is 0 Å². The molecule has 0 radical (unpaired) electrons. The van der Waals surface area contributed by atoms with Crippen molar-refractivity contribution in [3.05, 3.63) is 29.8 Å². The molecule has 28 heavy (non-hydrogen) atoms. The first kappa shape index (κ1) is 19.7. The van der Waals surface area contributed by atoms with Gasteiger partial charge in [0.25, 0.3) is 5.91 Å². The summed E-state index contributed by atoms with van der Waals surface area (Å²) in [4.78, 5) is 19.4. The summed E-state index contributed by atoms with van der Waals surface area (Å²) in [6.07, 6.45) is 4.93. The Balaban J connectivity index is 1.25. The van der Waals surface area contributed by atoms with Gasteiger partial charge in [0.1, 0.15) is 5.75 Å². The largest absolute Gasteiger partial charge is 0.484 e. The highest BCUT2D eigenvalue weighted by molar-refractivity contribution is 5.77. The highest BCUT2D eigenvalue weighted by Crippen LogP contribution is 2.27. The zero-order valence-electron chi connectivity index (χ0n) is 17.5. The van der Waals surface area contributed by atoms with E-state index in [-0.39, 0.29) is 12.5 Å². The lowest BCUT2D eigenvalue weighted by Crippen LogP contribution is -2.40. The van der Waals surface area contributed by atoms with Crippen LogP contribution in [0, 0.1) is 11.8 Å². The molecule has 0 spiro atoms. The lowest BCUT2D eigenvalue weighted by atomic mass is 9.96. The number of benzene rings is 1. The zero-order valence-corrected chi connectivity index (χ0v) is 17.5. The molecule has 4 aliphatic heterocycles. The third-order valence-electron chi connectivity index (χ3n) is 6.89. The average Bonchev–Trinajstić information content (AvgIpc) is 2.98. The van der Waals surface area contributed by atoms with E-state index in [1.165, 1.54) is 38.0 Å². The quantitative estimate of drug-likeness (QED) is 0.781. The van der Waals surface area contributed by atoms with Crippen LogP contribution < -0.4 is 4.74 Å². The molecule has 1 aromatic carbocycles. The van der Waals surface area contributed by atoms with E-state index in [2.05, 4.69) is 35.9 Å². The molecular formula is C23H35N3O2. The summed E-state index contributed by atoms with van der Waals surface area (Å²) in [6.45, 7) is 8.79. The Morgan fingerprint density at radius 2 is 1.79 bits per heavy atom. The highest BCUT2D eigenvalue weighted by Gasteiger charge is 2.32. The van der Waals surface area contributed by atoms with Gasteiger partial charge in [-0.05, 0) is 62.3 Å². The molecule has 0 aromatic heterocycles. The molecule has 0 N–H and O–H groups in total. The van der Waals surface area contributed by atoms with Gasteiger partial charge in [-0.25, -0.2) is 0 Å². The molecule has 2 bridgehead atoms. The van der Waals surface area contributed by atoms with Gasteiger partial charge in [0.05, 0.1) is 0 Å². The molecule has 4 heterocycles. The average molecular weight is 386 g/mol. The summed E-state index contributed by atoms with van der Waals surface area (Å²) in [6, 6.07) is 9.04. The van der Waals surface area contributed by atoms with Crippen LogP contribution in [0.1, 0.15) is 38.2 Å². The number of piperidine rings is 2. The molecule has 5 rings (SSSR count). The van der Waals surface area contributed by atoms with Gasteiger partial charge in [-0.2, -0.15) is 0 Å². The smallest absolute Gasteiger partial charge is 0.260 e. The molecule has 0 unspecified atom stereocenters. The Labute approximate surface area is 169 Å².